The van der Waals surface area contributed by atoms with Crippen LogP contribution in [0.1, 0.15) is 52.0 Å². The molecule has 1 amide bonds. The number of carbonyl (C=O) groups is 1. The molecule has 1 saturated carbocycles. The summed E-state index contributed by atoms with van der Waals surface area (Å²) in [5, 5.41) is 16.2. The summed E-state index contributed by atoms with van der Waals surface area (Å²) in [6, 6.07) is 10.9. The summed E-state index contributed by atoms with van der Waals surface area (Å²) in [6.07, 6.45) is 4.34. The van der Waals surface area contributed by atoms with E-state index >= 15 is 0 Å². The molecular weight excluding hydrogens is 316 g/mol. The number of amides is 1. The Labute approximate surface area is 151 Å². The molecule has 25 heavy (non-hydrogen) atoms. The average Bonchev–Trinajstić information content (AvgIpc) is 2.55. The second-order valence-corrected chi connectivity index (χ2v) is 7.93. The number of carbonyl (C=O) groups excluding carboxylic acids is 1. The topological polar surface area (TPSA) is 70.6 Å². The van der Waals surface area contributed by atoms with Crippen LogP contribution in [-0.4, -0.2) is 41.5 Å². The summed E-state index contributed by atoms with van der Waals surface area (Å²) in [7, 11) is 0. The fourth-order valence-corrected chi connectivity index (χ4v) is 3.29. The van der Waals surface area contributed by atoms with E-state index in [0.29, 0.717) is 6.04 Å². The van der Waals surface area contributed by atoms with Gasteiger partial charge in [-0.1, -0.05) is 30.3 Å². The molecule has 0 bridgehead atoms. The first-order chi connectivity index (χ1) is 11.9. The summed E-state index contributed by atoms with van der Waals surface area (Å²) >= 11 is 0. The Morgan fingerprint density at radius 2 is 1.76 bits per heavy atom. The molecule has 3 N–H and O–H groups in total. The average molecular weight is 348 g/mol. The highest BCUT2D eigenvalue weighted by atomic mass is 16.6. The smallest absolute Gasteiger partial charge is 0.407 e. The van der Waals surface area contributed by atoms with Crippen molar-refractivity contribution < 1.29 is 14.6 Å². The van der Waals surface area contributed by atoms with Crippen molar-refractivity contribution in [3.8, 4) is 0 Å². The highest BCUT2D eigenvalue weighted by Crippen LogP contribution is 2.20. The Balaban J connectivity index is 1.73. The monoisotopic (exact) mass is 348 g/mol. The van der Waals surface area contributed by atoms with Crippen LogP contribution < -0.4 is 10.6 Å². The lowest BCUT2D eigenvalue weighted by Crippen LogP contribution is -2.47. The van der Waals surface area contributed by atoms with Gasteiger partial charge in [-0.05, 0) is 58.4 Å². The molecule has 2 rings (SSSR count). The summed E-state index contributed by atoms with van der Waals surface area (Å²) in [4.78, 5) is 11.9. The molecule has 1 aromatic rings. The first kappa shape index (κ1) is 19.7. The van der Waals surface area contributed by atoms with Gasteiger partial charge < -0.3 is 20.5 Å². The van der Waals surface area contributed by atoms with Gasteiger partial charge in [0.2, 0.25) is 0 Å². The molecule has 5 heteroatoms. The molecule has 0 heterocycles. The van der Waals surface area contributed by atoms with Gasteiger partial charge in [0.05, 0.1) is 6.61 Å². The second-order valence-electron chi connectivity index (χ2n) is 7.93. The van der Waals surface area contributed by atoms with Crippen molar-refractivity contribution in [1.82, 2.24) is 10.6 Å². The van der Waals surface area contributed by atoms with E-state index < -0.39 is 5.60 Å². The Morgan fingerprint density at radius 1 is 1.16 bits per heavy atom. The van der Waals surface area contributed by atoms with Crippen LogP contribution >= 0.6 is 0 Å². The minimum atomic E-state index is -0.464. The number of hydrogen-bond acceptors (Lipinski definition) is 4. The standard InChI is InChI=1S/C20H32N2O3/c1-20(2,3)25-19(24)22-17-11-9-16(10-12-17)21-18(14-23)13-15-7-5-4-6-8-15/h4-8,16-18,21,23H,9-14H2,1-3H3,(H,22,24). The zero-order valence-electron chi connectivity index (χ0n) is 15.6. The third-order valence-corrected chi connectivity index (χ3v) is 4.46. The number of benzene rings is 1. The van der Waals surface area contributed by atoms with Crippen molar-refractivity contribution in [3.05, 3.63) is 35.9 Å². The summed E-state index contributed by atoms with van der Waals surface area (Å²) in [6.45, 7) is 5.74. The number of alkyl carbamates (subject to hydrolysis) is 1. The fourth-order valence-electron chi connectivity index (χ4n) is 3.29. The number of rotatable bonds is 6. The van der Waals surface area contributed by atoms with Crippen molar-refractivity contribution in [2.75, 3.05) is 6.61 Å². The van der Waals surface area contributed by atoms with E-state index in [-0.39, 0.29) is 24.8 Å². The van der Waals surface area contributed by atoms with Crippen molar-refractivity contribution in [2.24, 2.45) is 0 Å². The minimum Gasteiger partial charge on any atom is -0.444 e. The van der Waals surface area contributed by atoms with Crippen LogP contribution in [0.15, 0.2) is 30.3 Å². The lowest BCUT2D eigenvalue weighted by atomic mass is 9.90. The lowest BCUT2D eigenvalue weighted by Gasteiger charge is -2.32. The van der Waals surface area contributed by atoms with Gasteiger partial charge in [-0.25, -0.2) is 4.79 Å². The van der Waals surface area contributed by atoms with E-state index in [1.807, 2.05) is 39.0 Å². The predicted octanol–water partition coefficient (Wildman–Crippen LogP) is 3.02. The largest absolute Gasteiger partial charge is 0.444 e. The molecule has 0 aliphatic heterocycles. The Hall–Kier alpha value is -1.59. The van der Waals surface area contributed by atoms with E-state index in [9.17, 15) is 9.90 Å². The number of aliphatic hydroxyl groups is 1. The SMILES string of the molecule is CC(C)(C)OC(=O)NC1CCC(NC(CO)Cc2ccccc2)CC1. The number of ether oxygens (including phenoxy) is 1. The van der Waals surface area contributed by atoms with Crippen LogP contribution in [0.25, 0.3) is 0 Å². The first-order valence-corrected chi connectivity index (χ1v) is 9.26. The molecule has 140 valence electrons. The molecule has 1 aliphatic carbocycles. The van der Waals surface area contributed by atoms with Gasteiger partial charge in [-0.3, -0.25) is 0 Å². The molecule has 1 unspecified atom stereocenters. The summed E-state index contributed by atoms with van der Waals surface area (Å²) < 4.78 is 5.32. The van der Waals surface area contributed by atoms with Gasteiger partial charge in [-0.15, -0.1) is 0 Å². The van der Waals surface area contributed by atoms with Crippen molar-refractivity contribution in [2.45, 2.75) is 76.6 Å². The third-order valence-electron chi connectivity index (χ3n) is 4.46. The summed E-state index contributed by atoms with van der Waals surface area (Å²) in [5.74, 6) is 0. The molecule has 5 nitrogen and oxygen atoms in total. The van der Waals surface area contributed by atoms with E-state index in [1.165, 1.54) is 5.56 Å². The molecular formula is C20H32N2O3. The quantitative estimate of drug-likeness (QED) is 0.739. The summed E-state index contributed by atoms with van der Waals surface area (Å²) in [5.41, 5.74) is 0.767. The van der Waals surface area contributed by atoms with Crippen LogP contribution in [0.2, 0.25) is 0 Å². The van der Waals surface area contributed by atoms with Crippen molar-refractivity contribution in [3.63, 3.8) is 0 Å². The van der Waals surface area contributed by atoms with E-state index in [2.05, 4.69) is 22.8 Å². The van der Waals surface area contributed by atoms with Crippen LogP contribution in [0.3, 0.4) is 0 Å². The van der Waals surface area contributed by atoms with Crippen LogP contribution in [0.5, 0.6) is 0 Å². The molecule has 1 atom stereocenters. The molecule has 0 spiro atoms. The molecule has 1 fully saturated rings. The minimum absolute atomic E-state index is 0.0720. The predicted molar refractivity (Wildman–Crippen MR) is 99.6 cm³/mol. The second kappa shape index (κ2) is 9.20. The maximum absolute atomic E-state index is 11.9. The van der Waals surface area contributed by atoms with Gasteiger partial charge >= 0.3 is 6.09 Å². The first-order valence-electron chi connectivity index (χ1n) is 9.26. The number of aliphatic hydroxyl groups excluding tert-OH is 1. The highest BCUT2D eigenvalue weighted by molar-refractivity contribution is 5.68. The maximum atomic E-state index is 11.9. The Bertz CT molecular complexity index is 519. The van der Waals surface area contributed by atoms with Gasteiger partial charge in [0.15, 0.2) is 0 Å². The molecule has 0 aromatic heterocycles. The van der Waals surface area contributed by atoms with Crippen molar-refractivity contribution in [1.29, 1.82) is 0 Å². The zero-order chi connectivity index (χ0) is 18.3. The zero-order valence-corrected chi connectivity index (χ0v) is 15.6. The maximum Gasteiger partial charge on any atom is 0.407 e. The molecule has 0 saturated heterocycles. The number of hydrogen-bond donors (Lipinski definition) is 3. The molecule has 0 radical (unpaired) electrons. The van der Waals surface area contributed by atoms with Crippen LogP contribution in [0.4, 0.5) is 4.79 Å². The van der Waals surface area contributed by atoms with Gasteiger partial charge in [-0.2, -0.15) is 0 Å². The van der Waals surface area contributed by atoms with Gasteiger partial charge in [0.25, 0.3) is 0 Å². The van der Waals surface area contributed by atoms with E-state index in [1.54, 1.807) is 0 Å². The van der Waals surface area contributed by atoms with Crippen LogP contribution in [-0.2, 0) is 11.2 Å². The third kappa shape index (κ3) is 7.45. The van der Waals surface area contributed by atoms with E-state index in [4.69, 9.17) is 4.74 Å². The highest BCUT2D eigenvalue weighted by Gasteiger charge is 2.25. The Kier molecular flexibility index (Phi) is 7.26. The number of nitrogens with one attached hydrogen (secondary N) is 2. The molecule has 1 aliphatic rings. The van der Waals surface area contributed by atoms with Crippen LogP contribution in [0, 0.1) is 0 Å². The Morgan fingerprint density at radius 3 is 2.32 bits per heavy atom. The lowest BCUT2D eigenvalue weighted by molar-refractivity contribution is 0.0488. The van der Waals surface area contributed by atoms with E-state index in [0.717, 1.165) is 32.1 Å². The fraction of sp³-hybridized carbons (Fsp3) is 0.650. The van der Waals surface area contributed by atoms with Gasteiger partial charge in [0.1, 0.15) is 5.60 Å². The van der Waals surface area contributed by atoms with Crippen molar-refractivity contribution >= 4 is 6.09 Å². The molecule has 1 aromatic carbocycles. The van der Waals surface area contributed by atoms with Gasteiger partial charge in [0, 0.05) is 18.1 Å². The normalized spacial score (nSPS) is 22.2.